The molecule has 5 nitrogen and oxygen atoms in total. The average Bonchev–Trinajstić information content (AvgIpc) is 2.55. The fourth-order valence-corrected chi connectivity index (χ4v) is 2.14. The number of aryl methyl sites for hydroxylation is 1. The monoisotopic (exact) mass is 297 g/mol. The molecule has 0 fully saturated rings. The number of hydrogen-bond donors (Lipinski definition) is 1. The standard InChI is InChI=1S/C17H19N3O2/c1-3-13-7-4-5-9-15(13)19-16(21)12-20(2)17(22)14-8-6-10-18-11-14/h4-11H,3,12H2,1-2H3,(H,19,21). The minimum atomic E-state index is -0.230. The highest BCUT2D eigenvalue weighted by Gasteiger charge is 2.15. The van der Waals surface area contributed by atoms with Crippen LogP contribution >= 0.6 is 0 Å². The van der Waals surface area contributed by atoms with Crippen molar-refractivity contribution in [1.82, 2.24) is 9.88 Å². The quantitative estimate of drug-likeness (QED) is 0.921. The summed E-state index contributed by atoms with van der Waals surface area (Å²) in [4.78, 5) is 29.6. The highest BCUT2D eigenvalue weighted by atomic mass is 16.2. The molecule has 0 aliphatic heterocycles. The average molecular weight is 297 g/mol. The van der Waals surface area contributed by atoms with Crippen LogP contribution in [0.3, 0.4) is 0 Å². The molecule has 1 aromatic carbocycles. The van der Waals surface area contributed by atoms with Gasteiger partial charge in [-0.25, -0.2) is 0 Å². The molecule has 2 rings (SSSR count). The van der Waals surface area contributed by atoms with Crippen LogP contribution in [0.5, 0.6) is 0 Å². The van der Waals surface area contributed by atoms with Crippen molar-refractivity contribution in [2.45, 2.75) is 13.3 Å². The second kappa shape index (κ2) is 7.36. The molecule has 0 aliphatic rings. The summed E-state index contributed by atoms with van der Waals surface area (Å²) in [6.45, 7) is 2.02. The zero-order chi connectivity index (χ0) is 15.9. The van der Waals surface area contributed by atoms with E-state index >= 15 is 0 Å². The number of rotatable bonds is 5. The lowest BCUT2D eigenvalue weighted by atomic mass is 10.1. The van der Waals surface area contributed by atoms with Crippen LogP contribution in [0.15, 0.2) is 48.8 Å². The first-order valence-electron chi connectivity index (χ1n) is 7.15. The Morgan fingerprint density at radius 2 is 1.95 bits per heavy atom. The van der Waals surface area contributed by atoms with Crippen LogP contribution in [-0.2, 0) is 11.2 Å². The van der Waals surface area contributed by atoms with Crippen molar-refractivity contribution in [2.75, 3.05) is 18.9 Å². The van der Waals surface area contributed by atoms with Gasteiger partial charge in [0, 0.05) is 25.1 Å². The van der Waals surface area contributed by atoms with Crippen LogP contribution in [-0.4, -0.2) is 35.3 Å². The second-order valence-electron chi connectivity index (χ2n) is 4.96. The maximum Gasteiger partial charge on any atom is 0.255 e. The first-order chi connectivity index (χ1) is 10.6. The minimum absolute atomic E-state index is 0.00816. The maximum absolute atomic E-state index is 12.2. The topological polar surface area (TPSA) is 62.3 Å². The number of amides is 2. The third-order valence-electron chi connectivity index (χ3n) is 3.31. The maximum atomic E-state index is 12.2. The van der Waals surface area contributed by atoms with Gasteiger partial charge in [0.1, 0.15) is 0 Å². The lowest BCUT2D eigenvalue weighted by molar-refractivity contribution is -0.116. The third-order valence-corrected chi connectivity index (χ3v) is 3.31. The van der Waals surface area contributed by atoms with E-state index in [0.29, 0.717) is 5.56 Å². The predicted molar refractivity (Wildman–Crippen MR) is 85.6 cm³/mol. The van der Waals surface area contributed by atoms with Crippen molar-refractivity contribution < 1.29 is 9.59 Å². The van der Waals surface area contributed by atoms with Crippen LogP contribution in [0, 0.1) is 0 Å². The normalized spacial score (nSPS) is 10.1. The Morgan fingerprint density at radius 3 is 2.64 bits per heavy atom. The van der Waals surface area contributed by atoms with E-state index in [-0.39, 0.29) is 18.4 Å². The number of para-hydroxylation sites is 1. The summed E-state index contributed by atoms with van der Waals surface area (Å²) < 4.78 is 0. The molecule has 22 heavy (non-hydrogen) atoms. The molecular weight excluding hydrogens is 278 g/mol. The largest absolute Gasteiger partial charge is 0.332 e. The summed E-state index contributed by atoms with van der Waals surface area (Å²) in [6.07, 6.45) is 3.93. The number of benzene rings is 1. The summed E-state index contributed by atoms with van der Waals surface area (Å²) in [7, 11) is 1.60. The van der Waals surface area contributed by atoms with Crippen LogP contribution in [0.4, 0.5) is 5.69 Å². The Hall–Kier alpha value is -2.69. The number of carbonyl (C=O) groups is 2. The number of aromatic nitrogens is 1. The smallest absolute Gasteiger partial charge is 0.255 e. The van der Waals surface area contributed by atoms with Crippen molar-refractivity contribution in [3.63, 3.8) is 0 Å². The third kappa shape index (κ3) is 3.91. The summed E-state index contributed by atoms with van der Waals surface area (Å²) in [5.74, 6) is -0.451. The summed E-state index contributed by atoms with van der Waals surface area (Å²) in [6, 6.07) is 11.0. The van der Waals surface area contributed by atoms with E-state index in [1.807, 2.05) is 31.2 Å². The fourth-order valence-electron chi connectivity index (χ4n) is 2.14. The zero-order valence-corrected chi connectivity index (χ0v) is 12.7. The molecule has 0 bridgehead atoms. The zero-order valence-electron chi connectivity index (χ0n) is 12.7. The Labute approximate surface area is 130 Å². The molecular formula is C17H19N3O2. The van der Waals surface area contributed by atoms with Crippen molar-refractivity contribution in [1.29, 1.82) is 0 Å². The van der Waals surface area contributed by atoms with E-state index in [0.717, 1.165) is 17.7 Å². The molecule has 0 saturated heterocycles. The van der Waals surface area contributed by atoms with Gasteiger partial charge < -0.3 is 10.2 Å². The van der Waals surface area contributed by atoms with Crippen molar-refractivity contribution in [3.05, 3.63) is 59.9 Å². The van der Waals surface area contributed by atoms with Crippen molar-refractivity contribution in [2.24, 2.45) is 0 Å². The van der Waals surface area contributed by atoms with Crippen LogP contribution in [0.25, 0.3) is 0 Å². The van der Waals surface area contributed by atoms with Gasteiger partial charge in [0.05, 0.1) is 12.1 Å². The number of anilines is 1. The molecule has 0 spiro atoms. The van der Waals surface area contributed by atoms with Gasteiger partial charge >= 0.3 is 0 Å². The Kier molecular flexibility index (Phi) is 5.25. The molecule has 0 unspecified atom stereocenters. The van der Waals surface area contributed by atoms with Gasteiger partial charge in [0.25, 0.3) is 5.91 Å². The van der Waals surface area contributed by atoms with Crippen LogP contribution < -0.4 is 5.32 Å². The molecule has 0 atom stereocenters. The molecule has 1 N–H and O–H groups in total. The molecule has 1 heterocycles. The number of nitrogens with one attached hydrogen (secondary N) is 1. The van der Waals surface area contributed by atoms with Gasteiger partial charge in [-0.2, -0.15) is 0 Å². The minimum Gasteiger partial charge on any atom is -0.332 e. The molecule has 1 aromatic heterocycles. The van der Waals surface area contributed by atoms with Gasteiger partial charge in [-0.3, -0.25) is 14.6 Å². The number of likely N-dealkylation sites (N-methyl/N-ethyl adjacent to an activating group) is 1. The Bertz CT molecular complexity index is 656. The van der Waals surface area contributed by atoms with Gasteiger partial charge in [-0.1, -0.05) is 25.1 Å². The van der Waals surface area contributed by atoms with Gasteiger partial charge in [-0.15, -0.1) is 0 Å². The lowest BCUT2D eigenvalue weighted by Crippen LogP contribution is -2.35. The first kappa shape index (κ1) is 15.7. The SMILES string of the molecule is CCc1ccccc1NC(=O)CN(C)C(=O)c1cccnc1. The van der Waals surface area contributed by atoms with E-state index in [4.69, 9.17) is 0 Å². The van der Waals surface area contributed by atoms with E-state index < -0.39 is 0 Å². The molecule has 114 valence electrons. The van der Waals surface area contributed by atoms with Crippen LogP contribution in [0.1, 0.15) is 22.8 Å². The highest BCUT2D eigenvalue weighted by Crippen LogP contribution is 2.15. The van der Waals surface area contributed by atoms with Crippen molar-refractivity contribution in [3.8, 4) is 0 Å². The van der Waals surface area contributed by atoms with Crippen LogP contribution in [0.2, 0.25) is 0 Å². The number of pyridine rings is 1. The van der Waals surface area contributed by atoms with Gasteiger partial charge in [0.15, 0.2) is 0 Å². The van der Waals surface area contributed by atoms with E-state index in [9.17, 15) is 9.59 Å². The first-order valence-corrected chi connectivity index (χ1v) is 7.15. The molecule has 0 saturated carbocycles. The van der Waals surface area contributed by atoms with E-state index in [1.54, 1.807) is 25.4 Å². The second-order valence-corrected chi connectivity index (χ2v) is 4.96. The fraction of sp³-hybridized carbons (Fsp3) is 0.235. The molecule has 0 radical (unpaired) electrons. The van der Waals surface area contributed by atoms with Crippen molar-refractivity contribution >= 4 is 17.5 Å². The number of carbonyl (C=O) groups excluding carboxylic acids is 2. The Balaban J connectivity index is 1.98. The molecule has 2 amide bonds. The molecule has 0 aliphatic carbocycles. The van der Waals surface area contributed by atoms with E-state index in [2.05, 4.69) is 10.3 Å². The molecule has 2 aromatic rings. The predicted octanol–water partition coefficient (Wildman–Crippen LogP) is 2.35. The Morgan fingerprint density at radius 1 is 1.18 bits per heavy atom. The van der Waals surface area contributed by atoms with Gasteiger partial charge in [0.2, 0.25) is 5.91 Å². The summed E-state index contributed by atoms with van der Waals surface area (Å²) in [5, 5.41) is 2.85. The number of nitrogens with zero attached hydrogens (tertiary/aromatic N) is 2. The highest BCUT2D eigenvalue weighted by molar-refractivity contribution is 5.99. The number of hydrogen-bond acceptors (Lipinski definition) is 3. The lowest BCUT2D eigenvalue weighted by Gasteiger charge is -2.17. The molecule has 5 heteroatoms. The summed E-state index contributed by atoms with van der Waals surface area (Å²) >= 11 is 0. The van der Waals surface area contributed by atoms with Gasteiger partial charge in [-0.05, 0) is 30.2 Å². The van der Waals surface area contributed by atoms with E-state index in [1.165, 1.54) is 11.1 Å². The summed E-state index contributed by atoms with van der Waals surface area (Å²) in [5.41, 5.74) is 2.32.